The van der Waals surface area contributed by atoms with E-state index in [1.165, 1.54) is 6.08 Å². The Bertz CT molecular complexity index is 698. The summed E-state index contributed by atoms with van der Waals surface area (Å²) in [6, 6.07) is 11.6. The Morgan fingerprint density at radius 1 is 0.952 bits per heavy atom. The summed E-state index contributed by atoms with van der Waals surface area (Å²) < 4.78 is 10.8. The summed E-state index contributed by atoms with van der Waals surface area (Å²) in [6.07, 6.45) is 1.53. The van der Waals surface area contributed by atoms with Crippen LogP contribution >= 0.6 is 0 Å². The maximum Gasteiger partial charge on any atom is 0.190 e. The molecule has 2 aromatic rings. The fourth-order valence-electron chi connectivity index (χ4n) is 2.52. The summed E-state index contributed by atoms with van der Waals surface area (Å²) in [5, 5.41) is 10.6. The van der Waals surface area contributed by atoms with Gasteiger partial charge in [-0.15, -0.1) is 0 Å². The van der Waals surface area contributed by atoms with Gasteiger partial charge in [-0.25, -0.2) is 0 Å². The van der Waals surface area contributed by atoms with Crippen LogP contribution in [0.5, 0.6) is 0 Å². The highest BCUT2D eigenvalue weighted by atomic mass is 16.5. The molecule has 3 rings (SSSR count). The first-order valence-corrected chi connectivity index (χ1v) is 6.91. The number of benzene rings is 2. The quantitative estimate of drug-likeness (QED) is 0.828. The van der Waals surface area contributed by atoms with Crippen molar-refractivity contribution in [2.45, 2.75) is 0 Å². The van der Waals surface area contributed by atoms with Gasteiger partial charge < -0.3 is 14.6 Å². The number of hydrogen-bond donors (Lipinski definition) is 1. The van der Waals surface area contributed by atoms with Gasteiger partial charge in [0.1, 0.15) is 12.4 Å². The molecule has 4 heteroatoms. The van der Waals surface area contributed by atoms with Crippen LogP contribution < -0.4 is 0 Å². The third-order valence-electron chi connectivity index (χ3n) is 3.42. The molecule has 0 amide bonds. The van der Waals surface area contributed by atoms with Gasteiger partial charge in [-0.3, -0.25) is 4.79 Å². The van der Waals surface area contributed by atoms with Gasteiger partial charge in [0.15, 0.2) is 5.78 Å². The van der Waals surface area contributed by atoms with E-state index < -0.39 is 0 Å². The van der Waals surface area contributed by atoms with Crippen molar-refractivity contribution in [3.63, 3.8) is 0 Å². The Balaban J connectivity index is 1.86. The molecule has 1 N–H and O–H groups in total. The number of hydrogen-bond acceptors (Lipinski definition) is 4. The number of aliphatic hydroxyl groups is 1. The van der Waals surface area contributed by atoms with Gasteiger partial charge in [0.05, 0.1) is 19.8 Å². The van der Waals surface area contributed by atoms with Gasteiger partial charge in [0.25, 0.3) is 0 Å². The summed E-state index contributed by atoms with van der Waals surface area (Å²) in [6.45, 7) is 1.01. The molecule has 0 saturated carbocycles. The number of carbonyl (C=O) groups is 1. The van der Waals surface area contributed by atoms with E-state index in [0.29, 0.717) is 31.1 Å². The second kappa shape index (κ2) is 6.08. The van der Waals surface area contributed by atoms with Gasteiger partial charge >= 0.3 is 0 Å². The first-order chi connectivity index (χ1) is 10.3. The molecule has 0 saturated heterocycles. The molecule has 0 unspecified atom stereocenters. The molecule has 1 aliphatic carbocycles. The topological polar surface area (TPSA) is 55.8 Å². The minimum atomic E-state index is -0.0365. The molecule has 4 nitrogen and oxygen atoms in total. The van der Waals surface area contributed by atoms with Gasteiger partial charge in [-0.1, -0.05) is 36.4 Å². The van der Waals surface area contributed by atoms with Crippen LogP contribution in [0.15, 0.2) is 42.5 Å². The van der Waals surface area contributed by atoms with Gasteiger partial charge in [-0.05, 0) is 5.39 Å². The van der Waals surface area contributed by atoms with Crippen LogP contribution in [0.4, 0.5) is 0 Å². The Morgan fingerprint density at radius 2 is 1.71 bits per heavy atom. The third-order valence-corrected chi connectivity index (χ3v) is 3.42. The molecule has 0 atom stereocenters. The molecule has 0 bridgehead atoms. The number of ketones is 1. The zero-order valence-corrected chi connectivity index (χ0v) is 11.5. The zero-order valence-electron chi connectivity index (χ0n) is 11.5. The summed E-state index contributed by atoms with van der Waals surface area (Å²) in [5.74, 6) is 0.544. The molecule has 0 aliphatic heterocycles. The summed E-state index contributed by atoms with van der Waals surface area (Å²) in [7, 11) is 0. The maximum absolute atomic E-state index is 12.2. The van der Waals surface area contributed by atoms with Crippen LogP contribution in [0, 0.1) is 0 Å². The largest absolute Gasteiger partial charge is 0.490 e. The third kappa shape index (κ3) is 2.68. The van der Waals surface area contributed by atoms with Crippen LogP contribution in [0.2, 0.25) is 0 Å². The molecule has 0 spiro atoms. The van der Waals surface area contributed by atoms with Crippen molar-refractivity contribution in [2.75, 3.05) is 26.4 Å². The van der Waals surface area contributed by atoms with Crippen molar-refractivity contribution in [1.82, 2.24) is 0 Å². The summed E-state index contributed by atoms with van der Waals surface area (Å²) >= 11 is 0. The molecule has 0 radical (unpaired) electrons. The Morgan fingerprint density at radius 3 is 2.48 bits per heavy atom. The van der Waals surface area contributed by atoms with Crippen LogP contribution in [0.1, 0.15) is 15.9 Å². The fraction of sp³-hybridized carbons (Fsp3) is 0.235. The average molecular weight is 284 g/mol. The van der Waals surface area contributed by atoms with E-state index in [2.05, 4.69) is 0 Å². The number of allylic oxidation sites excluding steroid dienone is 1. The molecule has 0 heterocycles. The van der Waals surface area contributed by atoms with Crippen molar-refractivity contribution < 1.29 is 19.4 Å². The lowest BCUT2D eigenvalue weighted by Gasteiger charge is -2.18. The predicted molar refractivity (Wildman–Crippen MR) is 80.1 cm³/mol. The average Bonchev–Trinajstić information content (AvgIpc) is 2.51. The SMILES string of the molecule is O=C1C=C(OCCOCCO)c2cccc3cccc1c23. The molecule has 1 aliphatic rings. The highest BCUT2D eigenvalue weighted by molar-refractivity contribution is 6.21. The number of ether oxygens (including phenoxy) is 2. The molecular weight excluding hydrogens is 268 g/mol. The first-order valence-electron chi connectivity index (χ1n) is 6.91. The van der Waals surface area contributed by atoms with Crippen LogP contribution in [-0.4, -0.2) is 37.3 Å². The van der Waals surface area contributed by atoms with E-state index in [1.807, 2.05) is 36.4 Å². The normalized spacial score (nSPS) is 13.4. The van der Waals surface area contributed by atoms with Crippen molar-refractivity contribution in [2.24, 2.45) is 0 Å². The number of aliphatic hydroxyl groups excluding tert-OH is 1. The number of carbonyl (C=O) groups excluding carboxylic acids is 1. The molecule has 21 heavy (non-hydrogen) atoms. The van der Waals surface area contributed by atoms with E-state index in [0.717, 1.165) is 16.3 Å². The lowest BCUT2D eigenvalue weighted by atomic mass is 9.91. The van der Waals surface area contributed by atoms with Crippen molar-refractivity contribution in [1.29, 1.82) is 0 Å². The van der Waals surface area contributed by atoms with E-state index in [-0.39, 0.29) is 12.4 Å². The Hall–Kier alpha value is -2.17. The first kappa shape index (κ1) is 13.8. The summed E-state index contributed by atoms with van der Waals surface area (Å²) in [4.78, 5) is 12.2. The second-order valence-corrected chi connectivity index (χ2v) is 4.77. The summed E-state index contributed by atoms with van der Waals surface area (Å²) in [5.41, 5.74) is 1.65. The van der Waals surface area contributed by atoms with Gasteiger partial charge in [-0.2, -0.15) is 0 Å². The van der Waals surface area contributed by atoms with Crippen LogP contribution in [-0.2, 0) is 9.47 Å². The minimum absolute atomic E-state index is 0.00609. The maximum atomic E-state index is 12.2. The smallest absolute Gasteiger partial charge is 0.190 e. The monoisotopic (exact) mass is 284 g/mol. The van der Waals surface area contributed by atoms with Crippen LogP contribution in [0.25, 0.3) is 16.5 Å². The van der Waals surface area contributed by atoms with Crippen LogP contribution in [0.3, 0.4) is 0 Å². The van der Waals surface area contributed by atoms with E-state index in [1.54, 1.807) is 0 Å². The highest BCUT2D eigenvalue weighted by Gasteiger charge is 2.20. The molecule has 0 fully saturated rings. The van der Waals surface area contributed by atoms with Crippen molar-refractivity contribution >= 4 is 22.3 Å². The molecular formula is C17H16O4. The zero-order chi connectivity index (χ0) is 14.7. The molecule has 2 aromatic carbocycles. The lowest BCUT2D eigenvalue weighted by Crippen LogP contribution is -2.11. The predicted octanol–water partition coefficient (Wildman–Crippen LogP) is 2.40. The van der Waals surface area contributed by atoms with E-state index >= 15 is 0 Å². The standard InChI is InChI=1S/C17H16O4/c18-7-8-20-9-10-21-16-11-15(19)13-5-1-3-12-4-2-6-14(16)17(12)13/h1-6,11,18H,7-10H2. The van der Waals surface area contributed by atoms with E-state index in [9.17, 15) is 4.79 Å². The molecule has 108 valence electrons. The lowest BCUT2D eigenvalue weighted by molar-refractivity contribution is 0.0643. The fourth-order valence-corrected chi connectivity index (χ4v) is 2.52. The molecule has 0 aromatic heterocycles. The van der Waals surface area contributed by atoms with Crippen molar-refractivity contribution in [3.8, 4) is 0 Å². The van der Waals surface area contributed by atoms with E-state index in [4.69, 9.17) is 14.6 Å². The Kier molecular flexibility index (Phi) is 3.99. The van der Waals surface area contributed by atoms with Gasteiger partial charge in [0.2, 0.25) is 0 Å². The number of rotatable bonds is 6. The second-order valence-electron chi connectivity index (χ2n) is 4.77. The minimum Gasteiger partial charge on any atom is -0.490 e. The van der Waals surface area contributed by atoms with Crippen molar-refractivity contribution in [3.05, 3.63) is 53.6 Å². The van der Waals surface area contributed by atoms with Gasteiger partial charge in [0, 0.05) is 22.6 Å². The highest BCUT2D eigenvalue weighted by Crippen LogP contribution is 2.33. The Labute approximate surface area is 122 Å².